The number of fused-ring (bicyclic) bond motifs is 15. The molecule has 0 fully saturated rings. The molecule has 10 aromatic carbocycles. The molecule has 2 aromatic heterocycles. The Kier molecular flexibility index (Phi) is 6.80. The number of aliphatic imine (C=N–C) groups is 2. The van der Waals surface area contributed by atoms with Crippen molar-refractivity contribution in [3.05, 3.63) is 193 Å². The van der Waals surface area contributed by atoms with Gasteiger partial charge in [0.2, 0.25) is 0 Å². The van der Waals surface area contributed by atoms with Gasteiger partial charge < -0.3 is 4.42 Å². The van der Waals surface area contributed by atoms with Crippen molar-refractivity contribution in [2.45, 2.75) is 0 Å². The van der Waals surface area contributed by atoms with Crippen LogP contribution in [0.25, 0.3) is 97.6 Å². The molecule has 0 saturated heterocycles. The van der Waals surface area contributed by atoms with E-state index in [1.165, 1.54) is 59.2 Å². The van der Waals surface area contributed by atoms with Gasteiger partial charge in [0.05, 0.1) is 11.0 Å². The lowest BCUT2D eigenvalue weighted by Gasteiger charge is -2.16. The number of furan rings is 1. The minimum atomic E-state index is -0.916. The zero-order chi connectivity index (χ0) is 37.9. The summed E-state index contributed by atoms with van der Waals surface area (Å²) in [4.78, 5) is 11.1. The van der Waals surface area contributed by atoms with E-state index in [1.54, 1.807) is 0 Å². The van der Waals surface area contributed by atoms with E-state index in [9.17, 15) is 0 Å². The predicted octanol–water partition coefficient (Wildman–Crippen LogP) is 14.3. The highest BCUT2D eigenvalue weighted by Gasteiger charge is 2.25. The molecule has 12 aromatic rings. The molecule has 0 N–H and O–H groups in total. The summed E-state index contributed by atoms with van der Waals surface area (Å²) in [6.07, 6.45) is 0. The van der Waals surface area contributed by atoms with Crippen molar-refractivity contribution in [2.24, 2.45) is 9.98 Å². The first-order valence-electron chi connectivity index (χ1n) is 19.5. The highest BCUT2D eigenvalue weighted by atomic mass is 127. The lowest BCUT2D eigenvalue weighted by Crippen LogP contribution is -2.16. The van der Waals surface area contributed by atoms with Crippen LogP contribution in [-0.4, -0.2) is 17.9 Å². The second-order valence-corrected chi connectivity index (χ2v) is 17.6. The van der Waals surface area contributed by atoms with E-state index in [1.807, 2.05) is 6.07 Å². The fraction of sp³-hybridized carbons (Fsp3) is 0. The van der Waals surface area contributed by atoms with Gasteiger partial charge in [-0.1, -0.05) is 146 Å². The molecule has 270 valence electrons. The summed E-state index contributed by atoms with van der Waals surface area (Å²) in [7, 11) is 0. The van der Waals surface area contributed by atoms with E-state index in [2.05, 4.69) is 180 Å². The summed E-state index contributed by atoms with van der Waals surface area (Å²) in [6, 6.07) is 65.7. The maximum Gasteiger partial charge on any atom is 0.174 e. The molecule has 0 bridgehead atoms. The summed E-state index contributed by atoms with van der Waals surface area (Å²) >= 11 is -0.916. The average Bonchev–Trinajstić information content (AvgIpc) is 3.83. The number of aromatic nitrogens is 1. The van der Waals surface area contributed by atoms with Crippen molar-refractivity contribution >= 4 is 132 Å². The number of rotatable bonds is 2. The number of nitrogens with zero attached hydrogens (tertiary/aromatic N) is 3. The van der Waals surface area contributed by atoms with Gasteiger partial charge in [-0.25, -0.2) is 9.98 Å². The van der Waals surface area contributed by atoms with Crippen molar-refractivity contribution in [2.75, 3.05) is 0 Å². The highest BCUT2D eigenvalue weighted by Crippen LogP contribution is 2.44. The van der Waals surface area contributed by atoms with Crippen molar-refractivity contribution in [1.29, 1.82) is 0 Å². The molecule has 0 saturated carbocycles. The molecule has 3 heterocycles. The number of benzene rings is 10. The summed E-state index contributed by atoms with van der Waals surface area (Å²) in [6.45, 7) is 0. The number of amidine groups is 1. The topological polar surface area (TPSA) is 42.8 Å². The monoisotopic (exact) mass is 851 g/mol. The minimum absolute atomic E-state index is 0.722. The molecule has 0 aliphatic carbocycles. The Morgan fingerprint density at radius 1 is 0.397 bits per heavy atom. The van der Waals surface area contributed by atoms with Gasteiger partial charge in [-0.3, -0.25) is 4.57 Å². The van der Waals surface area contributed by atoms with Crippen LogP contribution < -0.4 is 0 Å². The molecule has 0 unspecified atom stereocenters. The Morgan fingerprint density at radius 2 is 1.02 bits per heavy atom. The van der Waals surface area contributed by atoms with E-state index in [0.717, 1.165) is 62.8 Å². The van der Waals surface area contributed by atoms with Crippen molar-refractivity contribution < 1.29 is 4.42 Å². The first kappa shape index (κ1) is 32.2. The van der Waals surface area contributed by atoms with Crippen LogP contribution in [0, 0.1) is 0 Å². The molecular weight excluding hydrogens is 822 g/mol. The molecule has 0 atom stereocenters. The van der Waals surface area contributed by atoms with Gasteiger partial charge in [0.1, 0.15) is 14.8 Å². The van der Waals surface area contributed by atoms with E-state index in [0.29, 0.717) is 0 Å². The largest absolute Gasteiger partial charge is 0.456 e. The highest BCUT2D eigenvalue weighted by molar-refractivity contribution is 14.2. The lowest BCUT2D eigenvalue weighted by molar-refractivity contribution is 0.669. The van der Waals surface area contributed by atoms with Gasteiger partial charge >= 0.3 is 0 Å². The van der Waals surface area contributed by atoms with E-state index in [-0.39, 0.29) is 0 Å². The first-order chi connectivity index (χ1) is 28.7. The number of hydrogen-bond donors (Lipinski definition) is 0. The maximum absolute atomic E-state index is 6.42. The van der Waals surface area contributed by atoms with E-state index >= 15 is 0 Å². The summed E-state index contributed by atoms with van der Waals surface area (Å²) in [5.41, 5.74) is 6.17. The quantitative estimate of drug-likeness (QED) is 0.126. The maximum atomic E-state index is 6.42. The molecule has 1 aliphatic rings. The zero-order valence-electron chi connectivity index (χ0n) is 30.9. The third kappa shape index (κ3) is 4.65. The molecular formula is C53H30IN3O. The molecule has 13 rings (SSSR count). The summed E-state index contributed by atoms with van der Waals surface area (Å²) in [5.74, 6) is 0.722. The molecule has 5 heteroatoms. The van der Waals surface area contributed by atoms with Crippen molar-refractivity contribution in [1.82, 2.24) is 4.57 Å². The van der Waals surface area contributed by atoms with Crippen LogP contribution in [-0.2, 0) is 0 Å². The Labute approximate surface area is 341 Å². The van der Waals surface area contributed by atoms with Crippen LogP contribution in [0.3, 0.4) is 0 Å². The average molecular weight is 852 g/mol. The van der Waals surface area contributed by atoms with Gasteiger partial charge in [0.25, 0.3) is 0 Å². The van der Waals surface area contributed by atoms with Crippen LogP contribution in [0.5, 0.6) is 0 Å². The Morgan fingerprint density at radius 3 is 1.81 bits per heavy atom. The van der Waals surface area contributed by atoms with Crippen LogP contribution in [0.2, 0.25) is 0 Å². The standard InChI is InChI=1S/C53H30IN3O/c1-2-13-32-28-35(25-24-31(32)12-1)52-55-51(42-21-11-23-47-48(42)41-20-9-10-22-46(41)58-47)54-53(56-52)57-44-27-26-40-38-18-6-5-16-36(38)37-17-7-8-19-39(37)49(40)50(44)43-29-33-14-3-4-15-34(33)30-45(43)57/h1-30H. The second-order valence-electron chi connectivity index (χ2n) is 15.1. The molecule has 0 radical (unpaired) electrons. The van der Waals surface area contributed by atoms with E-state index < -0.39 is 20.7 Å². The van der Waals surface area contributed by atoms with Gasteiger partial charge in [0.15, 0.2) is 9.68 Å². The minimum Gasteiger partial charge on any atom is -0.456 e. The molecule has 0 amide bonds. The van der Waals surface area contributed by atoms with Crippen molar-refractivity contribution in [3.8, 4) is 0 Å². The predicted molar refractivity (Wildman–Crippen MR) is 255 cm³/mol. The van der Waals surface area contributed by atoms with Crippen LogP contribution in [0.4, 0.5) is 0 Å². The molecule has 0 spiro atoms. The van der Waals surface area contributed by atoms with Gasteiger partial charge in [0, 0.05) is 38.1 Å². The molecule has 1 aliphatic heterocycles. The Bertz CT molecular complexity index is 3830. The number of hydrogen-bond acceptors (Lipinski definition) is 3. The van der Waals surface area contributed by atoms with Gasteiger partial charge in [-0.2, -0.15) is 0 Å². The fourth-order valence-corrected chi connectivity index (χ4v) is 12.0. The summed E-state index contributed by atoms with van der Waals surface area (Å²) < 4.78 is 11.0. The fourth-order valence-electron chi connectivity index (χ4n) is 9.32. The van der Waals surface area contributed by atoms with Crippen LogP contribution in [0.15, 0.2) is 196 Å². The number of para-hydroxylation sites is 1. The lowest BCUT2D eigenvalue weighted by atomic mass is 9.91. The second kappa shape index (κ2) is 12.3. The van der Waals surface area contributed by atoms with Crippen molar-refractivity contribution in [3.63, 3.8) is 0 Å². The molecule has 4 nitrogen and oxygen atoms in total. The van der Waals surface area contributed by atoms with E-state index in [4.69, 9.17) is 14.4 Å². The summed E-state index contributed by atoms with van der Waals surface area (Å²) in [5, 5.41) is 17.1. The smallest absolute Gasteiger partial charge is 0.174 e. The van der Waals surface area contributed by atoms with Gasteiger partial charge in [-0.15, -0.1) is 0 Å². The van der Waals surface area contributed by atoms with Crippen LogP contribution in [0.1, 0.15) is 11.1 Å². The third-order valence-corrected chi connectivity index (χ3v) is 14.4. The molecule has 58 heavy (non-hydrogen) atoms. The SMILES string of the molecule is c1ccc2cc(C3=NC(c4cccc5oc6ccccc6c45)=IC(n4c5cc6ccccc6cc5c5c6c7ccccc7c7ccccc7c6ccc54)=N3)ccc2c1. The Hall–Kier alpha value is -6.96. The first-order valence-corrected chi connectivity index (χ1v) is 21.7. The van der Waals surface area contributed by atoms with Crippen LogP contribution >= 0.6 is 20.7 Å². The zero-order valence-corrected chi connectivity index (χ0v) is 33.1. The van der Waals surface area contributed by atoms with Gasteiger partial charge in [-0.05, 0) is 106 Å². The Balaban J connectivity index is 1.18. The third-order valence-electron chi connectivity index (χ3n) is 11.9. The normalized spacial score (nSPS) is 13.6. The number of halogens is 1.